The first kappa shape index (κ1) is 16.8. The van der Waals surface area contributed by atoms with Crippen molar-refractivity contribution in [3.63, 3.8) is 0 Å². The van der Waals surface area contributed by atoms with Crippen molar-refractivity contribution in [2.24, 2.45) is 0 Å². The van der Waals surface area contributed by atoms with E-state index in [-0.39, 0.29) is 11.9 Å². The van der Waals surface area contributed by atoms with Gasteiger partial charge in [0.15, 0.2) is 5.76 Å². The minimum atomic E-state index is -0.180. The first-order valence-corrected chi connectivity index (χ1v) is 9.56. The van der Waals surface area contributed by atoms with E-state index < -0.39 is 0 Å². The van der Waals surface area contributed by atoms with Crippen LogP contribution in [0.1, 0.15) is 34.1 Å². The number of ether oxygens (including phenoxy) is 1. The Morgan fingerprint density at radius 1 is 1.08 bits per heavy atom. The topological polar surface area (TPSA) is 51.5 Å². The van der Waals surface area contributed by atoms with Crippen molar-refractivity contribution in [3.05, 3.63) is 83.8 Å². The number of amides is 1. The van der Waals surface area contributed by atoms with Crippen molar-refractivity contribution in [2.45, 2.75) is 23.1 Å². The minimum absolute atomic E-state index is 0.0628. The zero-order valence-electron chi connectivity index (χ0n) is 14.2. The maximum atomic E-state index is 12.8. The Hall–Kier alpha value is -2.66. The summed E-state index contributed by atoms with van der Waals surface area (Å²) in [5, 5.41) is 3.09. The molecule has 1 atom stereocenters. The highest BCUT2D eigenvalue weighted by Gasteiger charge is 2.25. The molecular weight excluding hydrogens is 346 g/mol. The average Bonchev–Trinajstić information content (AvgIpc) is 3.16. The van der Waals surface area contributed by atoms with E-state index in [9.17, 15) is 4.79 Å². The van der Waals surface area contributed by atoms with Gasteiger partial charge in [0.1, 0.15) is 5.75 Å². The third-order valence-electron chi connectivity index (χ3n) is 4.35. The molecule has 1 aromatic heterocycles. The summed E-state index contributed by atoms with van der Waals surface area (Å²) in [6, 6.07) is 19.8. The van der Waals surface area contributed by atoms with Gasteiger partial charge in [-0.05, 0) is 24.3 Å². The molecule has 4 rings (SSSR count). The lowest BCUT2D eigenvalue weighted by molar-refractivity contribution is 0.0895. The van der Waals surface area contributed by atoms with Crippen LogP contribution in [0.4, 0.5) is 0 Å². The smallest absolute Gasteiger partial charge is 0.287 e. The van der Waals surface area contributed by atoms with Gasteiger partial charge in [-0.3, -0.25) is 4.79 Å². The van der Waals surface area contributed by atoms with Crippen LogP contribution in [-0.2, 0) is 5.75 Å². The molecule has 1 unspecified atom stereocenters. The molecule has 0 saturated carbocycles. The molecule has 0 radical (unpaired) electrons. The van der Waals surface area contributed by atoms with Gasteiger partial charge in [-0.25, -0.2) is 0 Å². The fraction of sp³-hybridized carbons (Fsp3) is 0.190. The van der Waals surface area contributed by atoms with Gasteiger partial charge >= 0.3 is 0 Å². The van der Waals surface area contributed by atoms with Gasteiger partial charge in [0.25, 0.3) is 5.91 Å². The minimum Gasteiger partial charge on any atom is -0.493 e. The lowest BCUT2D eigenvalue weighted by Gasteiger charge is -2.26. The second-order valence-electron chi connectivity index (χ2n) is 6.08. The molecule has 0 saturated heterocycles. The number of carbonyl (C=O) groups is 1. The number of nitrogens with one attached hydrogen (secondary N) is 1. The maximum Gasteiger partial charge on any atom is 0.287 e. The summed E-state index contributed by atoms with van der Waals surface area (Å²) in [7, 11) is 0. The molecule has 1 aliphatic rings. The van der Waals surface area contributed by atoms with Crippen LogP contribution < -0.4 is 10.1 Å². The van der Waals surface area contributed by atoms with E-state index in [1.54, 1.807) is 18.0 Å². The van der Waals surface area contributed by atoms with E-state index in [1.807, 2.05) is 48.5 Å². The predicted molar refractivity (Wildman–Crippen MR) is 101 cm³/mol. The average molecular weight is 365 g/mol. The van der Waals surface area contributed by atoms with Crippen LogP contribution in [0.3, 0.4) is 0 Å². The molecular formula is C21H19NO3S. The Labute approximate surface area is 156 Å². The lowest BCUT2D eigenvalue weighted by Crippen LogP contribution is -2.32. The predicted octanol–water partition coefficient (Wildman–Crippen LogP) is 4.83. The van der Waals surface area contributed by atoms with Crippen LogP contribution in [0.15, 0.2) is 76.2 Å². The summed E-state index contributed by atoms with van der Waals surface area (Å²) in [5.41, 5.74) is 1.91. The Kier molecular flexibility index (Phi) is 4.97. The summed E-state index contributed by atoms with van der Waals surface area (Å²) in [4.78, 5) is 13.9. The van der Waals surface area contributed by atoms with E-state index in [0.717, 1.165) is 23.3 Å². The normalized spacial score (nSPS) is 15.8. The van der Waals surface area contributed by atoms with Crippen molar-refractivity contribution in [1.29, 1.82) is 0 Å². The number of hydrogen-bond donors (Lipinski definition) is 1. The van der Waals surface area contributed by atoms with E-state index in [1.165, 1.54) is 4.90 Å². The largest absolute Gasteiger partial charge is 0.493 e. The Morgan fingerprint density at radius 3 is 2.77 bits per heavy atom. The van der Waals surface area contributed by atoms with Gasteiger partial charge in [0.05, 0.1) is 18.9 Å². The van der Waals surface area contributed by atoms with Gasteiger partial charge in [-0.2, -0.15) is 0 Å². The number of para-hydroxylation sites is 1. The van der Waals surface area contributed by atoms with Gasteiger partial charge < -0.3 is 14.5 Å². The zero-order valence-corrected chi connectivity index (χ0v) is 15.0. The quantitative estimate of drug-likeness (QED) is 0.658. The van der Waals surface area contributed by atoms with Crippen molar-refractivity contribution < 1.29 is 13.9 Å². The Morgan fingerprint density at radius 2 is 1.88 bits per heavy atom. The summed E-state index contributed by atoms with van der Waals surface area (Å²) < 4.78 is 11.1. The number of rotatable bonds is 5. The molecule has 132 valence electrons. The summed E-state index contributed by atoms with van der Waals surface area (Å²) >= 11 is 1.68. The fourth-order valence-corrected chi connectivity index (χ4v) is 3.94. The van der Waals surface area contributed by atoms with E-state index in [0.29, 0.717) is 18.1 Å². The van der Waals surface area contributed by atoms with Crippen LogP contribution in [-0.4, -0.2) is 12.5 Å². The molecule has 0 spiro atoms. The second kappa shape index (κ2) is 7.70. The standard InChI is InChI=1S/C21H19NO3S/c23-21(22-18-11-13-24-19-9-5-4-8-17(18)19)20-15(10-12-25-20)14-26-16-6-2-1-3-7-16/h1-10,12,18H,11,13-14H2,(H,22,23). The maximum absolute atomic E-state index is 12.8. The number of carbonyl (C=O) groups excluding carboxylic acids is 1. The van der Waals surface area contributed by atoms with Gasteiger partial charge in [0.2, 0.25) is 0 Å². The fourth-order valence-electron chi connectivity index (χ4n) is 3.04. The van der Waals surface area contributed by atoms with Crippen LogP contribution in [0.5, 0.6) is 5.75 Å². The molecule has 0 fully saturated rings. The summed E-state index contributed by atoms with van der Waals surface area (Å²) in [6.07, 6.45) is 2.32. The highest BCUT2D eigenvalue weighted by molar-refractivity contribution is 7.98. The number of furan rings is 1. The number of benzene rings is 2. The van der Waals surface area contributed by atoms with Crippen molar-refractivity contribution in [3.8, 4) is 5.75 Å². The first-order chi connectivity index (χ1) is 12.8. The third kappa shape index (κ3) is 3.63. The number of fused-ring (bicyclic) bond motifs is 1. The highest BCUT2D eigenvalue weighted by atomic mass is 32.2. The molecule has 26 heavy (non-hydrogen) atoms. The van der Waals surface area contributed by atoms with Crippen molar-refractivity contribution >= 4 is 17.7 Å². The van der Waals surface area contributed by atoms with E-state index >= 15 is 0 Å². The number of thioether (sulfide) groups is 1. The van der Waals surface area contributed by atoms with Gasteiger partial charge in [0, 0.05) is 28.2 Å². The van der Waals surface area contributed by atoms with Crippen molar-refractivity contribution in [2.75, 3.05) is 6.61 Å². The SMILES string of the molecule is O=C(NC1CCOc2ccccc21)c1occc1CSc1ccccc1. The monoisotopic (exact) mass is 365 g/mol. The van der Waals surface area contributed by atoms with Crippen molar-refractivity contribution in [1.82, 2.24) is 5.32 Å². The molecule has 3 aromatic rings. The summed E-state index contributed by atoms with van der Waals surface area (Å²) in [5.74, 6) is 1.73. The Bertz CT molecular complexity index is 891. The van der Waals surface area contributed by atoms with Crippen LogP contribution in [0, 0.1) is 0 Å². The van der Waals surface area contributed by atoms with E-state index in [2.05, 4.69) is 17.4 Å². The van der Waals surface area contributed by atoms with Gasteiger partial charge in [-0.15, -0.1) is 11.8 Å². The Balaban J connectivity index is 1.46. The molecule has 0 aliphatic carbocycles. The lowest BCUT2D eigenvalue weighted by atomic mass is 10.0. The van der Waals surface area contributed by atoms with E-state index in [4.69, 9.17) is 9.15 Å². The second-order valence-corrected chi connectivity index (χ2v) is 7.13. The number of hydrogen-bond acceptors (Lipinski definition) is 4. The molecule has 2 aromatic carbocycles. The van der Waals surface area contributed by atoms with Crippen LogP contribution >= 0.6 is 11.8 Å². The molecule has 0 bridgehead atoms. The van der Waals surface area contributed by atoms with Crippen LogP contribution in [0.2, 0.25) is 0 Å². The molecule has 1 amide bonds. The zero-order chi connectivity index (χ0) is 17.8. The third-order valence-corrected chi connectivity index (χ3v) is 5.42. The molecule has 5 heteroatoms. The molecule has 4 nitrogen and oxygen atoms in total. The van der Waals surface area contributed by atoms with Crippen LogP contribution in [0.25, 0.3) is 0 Å². The first-order valence-electron chi connectivity index (χ1n) is 8.58. The molecule has 2 heterocycles. The van der Waals surface area contributed by atoms with Gasteiger partial charge in [-0.1, -0.05) is 36.4 Å². The molecule has 1 aliphatic heterocycles. The highest BCUT2D eigenvalue weighted by Crippen LogP contribution is 2.32. The molecule has 1 N–H and O–H groups in total. The summed E-state index contributed by atoms with van der Waals surface area (Å²) in [6.45, 7) is 0.594.